The van der Waals surface area contributed by atoms with Crippen LogP contribution in [0, 0.1) is 12.7 Å². The molecule has 0 aliphatic rings. The third kappa shape index (κ3) is 2.24. The van der Waals surface area contributed by atoms with Crippen molar-refractivity contribution in [2.45, 2.75) is 25.7 Å². The average Bonchev–Trinajstić information content (AvgIpc) is 2.75. The number of benzene rings is 1. The van der Waals surface area contributed by atoms with Gasteiger partial charge < -0.3 is 4.57 Å². The Morgan fingerprint density at radius 1 is 1.35 bits per heavy atom. The monoisotopic (exact) mass is 297 g/mol. The van der Waals surface area contributed by atoms with Crippen LogP contribution in [0.5, 0.6) is 0 Å². The zero-order valence-corrected chi connectivity index (χ0v) is 11.3. The molecule has 0 spiro atoms. The molecule has 1 heterocycles. The summed E-state index contributed by atoms with van der Waals surface area (Å²) < 4.78 is 15.5. The highest BCUT2D eigenvalue weighted by Crippen LogP contribution is 2.21. The highest BCUT2D eigenvalue weighted by molar-refractivity contribution is 9.08. The van der Waals surface area contributed by atoms with E-state index in [1.165, 1.54) is 6.07 Å². The molecule has 17 heavy (non-hydrogen) atoms. The average molecular weight is 298 g/mol. The first-order chi connectivity index (χ1) is 8.17. The van der Waals surface area contributed by atoms with Gasteiger partial charge in [0.05, 0.1) is 5.33 Å². The third-order valence-electron chi connectivity index (χ3n) is 2.69. The topological polar surface area (TPSA) is 30.7 Å². The van der Waals surface area contributed by atoms with Crippen molar-refractivity contribution in [3.8, 4) is 11.4 Å². The molecule has 0 amide bonds. The standard InChI is InChI=1S/C12H13BrFN3/c1-3-17-11(7-13)15-16-12(17)9-5-4-8(2)10(14)6-9/h4-6H,3,7H2,1-2H3. The lowest BCUT2D eigenvalue weighted by Crippen LogP contribution is -2.02. The van der Waals surface area contributed by atoms with Crippen LogP contribution >= 0.6 is 15.9 Å². The Hall–Kier alpha value is -1.23. The van der Waals surface area contributed by atoms with Gasteiger partial charge in [-0.25, -0.2) is 4.39 Å². The van der Waals surface area contributed by atoms with E-state index in [0.717, 1.165) is 17.9 Å². The SMILES string of the molecule is CCn1c(CBr)nnc1-c1ccc(C)c(F)c1. The van der Waals surface area contributed by atoms with Crippen molar-refractivity contribution >= 4 is 15.9 Å². The maximum atomic E-state index is 13.5. The van der Waals surface area contributed by atoms with Crippen molar-refractivity contribution in [2.24, 2.45) is 0 Å². The lowest BCUT2D eigenvalue weighted by molar-refractivity contribution is 0.618. The molecule has 2 aromatic rings. The molecule has 0 aliphatic heterocycles. The minimum Gasteiger partial charge on any atom is -0.311 e. The molecule has 0 saturated carbocycles. The summed E-state index contributed by atoms with van der Waals surface area (Å²) in [5, 5.41) is 8.83. The molecule has 0 atom stereocenters. The second-order valence-electron chi connectivity index (χ2n) is 3.78. The van der Waals surface area contributed by atoms with E-state index in [1.807, 2.05) is 17.6 Å². The van der Waals surface area contributed by atoms with Crippen LogP contribution in [-0.2, 0) is 11.9 Å². The van der Waals surface area contributed by atoms with Gasteiger partial charge in [-0.2, -0.15) is 0 Å². The van der Waals surface area contributed by atoms with Crippen LogP contribution in [0.15, 0.2) is 18.2 Å². The molecule has 0 fully saturated rings. The number of aromatic nitrogens is 3. The first-order valence-electron chi connectivity index (χ1n) is 5.42. The van der Waals surface area contributed by atoms with Crippen molar-refractivity contribution in [3.63, 3.8) is 0 Å². The lowest BCUT2D eigenvalue weighted by Gasteiger charge is -2.06. The van der Waals surface area contributed by atoms with Crippen LogP contribution in [0.25, 0.3) is 11.4 Å². The van der Waals surface area contributed by atoms with E-state index in [0.29, 0.717) is 16.7 Å². The van der Waals surface area contributed by atoms with Crippen molar-refractivity contribution in [3.05, 3.63) is 35.4 Å². The van der Waals surface area contributed by atoms with Gasteiger partial charge in [0.2, 0.25) is 0 Å². The van der Waals surface area contributed by atoms with Crippen molar-refractivity contribution < 1.29 is 4.39 Å². The fourth-order valence-electron chi connectivity index (χ4n) is 1.71. The van der Waals surface area contributed by atoms with Crippen LogP contribution in [0.4, 0.5) is 4.39 Å². The summed E-state index contributed by atoms with van der Waals surface area (Å²) in [6.07, 6.45) is 0. The maximum absolute atomic E-state index is 13.5. The first-order valence-corrected chi connectivity index (χ1v) is 6.54. The molecule has 1 aromatic heterocycles. The van der Waals surface area contributed by atoms with Gasteiger partial charge in [0.25, 0.3) is 0 Å². The molecular weight excluding hydrogens is 285 g/mol. The molecule has 1 aromatic carbocycles. The summed E-state index contributed by atoms with van der Waals surface area (Å²) in [7, 11) is 0. The summed E-state index contributed by atoms with van der Waals surface area (Å²) in [5.41, 5.74) is 1.40. The Labute approximate surface area is 108 Å². The predicted molar refractivity (Wildman–Crippen MR) is 68.5 cm³/mol. The normalized spacial score (nSPS) is 10.8. The van der Waals surface area contributed by atoms with Crippen LogP contribution in [0.3, 0.4) is 0 Å². The second-order valence-corrected chi connectivity index (χ2v) is 4.34. The molecule has 5 heteroatoms. The van der Waals surface area contributed by atoms with Gasteiger partial charge in [-0.1, -0.05) is 28.1 Å². The van der Waals surface area contributed by atoms with Gasteiger partial charge in [0.15, 0.2) is 5.82 Å². The molecular formula is C12H13BrFN3. The molecule has 3 nitrogen and oxygen atoms in total. The number of aryl methyl sites for hydroxylation is 1. The van der Waals surface area contributed by atoms with E-state index in [2.05, 4.69) is 26.1 Å². The zero-order chi connectivity index (χ0) is 12.4. The molecule has 0 N–H and O–H groups in total. The molecule has 2 rings (SSSR count). The Bertz CT molecular complexity index is 537. The Morgan fingerprint density at radius 2 is 2.12 bits per heavy atom. The number of rotatable bonds is 3. The van der Waals surface area contributed by atoms with Crippen LogP contribution in [-0.4, -0.2) is 14.8 Å². The van der Waals surface area contributed by atoms with E-state index in [9.17, 15) is 4.39 Å². The summed E-state index contributed by atoms with van der Waals surface area (Å²) in [4.78, 5) is 0. The number of alkyl halides is 1. The van der Waals surface area contributed by atoms with Crippen molar-refractivity contribution in [1.82, 2.24) is 14.8 Å². The van der Waals surface area contributed by atoms with Gasteiger partial charge in [-0.05, 0) is 25.5 Å². The van der Waals surface area contributed by atoms with E-state index in [-0.39, 0.29) is 5.82 Å². The lowest BCUT2D eigenvalue weighted by atomic mass is 10.1. The molecule has 0 aliphatic carbocycles. The summed E-state index contributed by atoms with van der Waals surface area (Å²) >= 11 is 3.36. The van der Waals surface area contributed by atoms with Gasteiger partial charge in [-0.15, -0.1) is 10.2 Å². The Kier molecular flexibility index (Phi) is 3.57. The molecule has 0 bridgehead atoms. The van der Waals surface area contributed by atoms with Gasteiger partial charge in [-0.3, -0.25) is 0 Å². The number of hydrogen-bond donors (Lipinski definition) is 0. The minimum absolute atomic E-state index is 0.214. The van der Waals surface area contributed by atoms with Crippen LogP contribution < -0.4 is 0 Å². The van der Waals surface area contributed by atoms with E-state index >= 15 is 0 Å². The summed E-state index contributed by atoms with van der Waals surface area (Å²) in [6, 6.07) is 5.13. The van der Waals surface area contributed by atoms with Crippen LogP contribution in [0.2, 0.25) is 0 Å². The molecule has 0 unspecified atom stereocenters. The van der Waals surface area contributed by atoms with E-state index in [1.54, 1.807) is 13.0 Å². The highest BCUT2D eigenvalue weighted by atomic mass is 79.9. The first kappa shape index (κ1) is 12.2. The Morgan fingerprint density at radius 3 is 2.71 bits per heavy atom. The fraction of sp³-hybridized carbons (Fsp3) is 0.333. The highest BCUT2D eigenvalue weighted by Gasteiger charge is 2.12. The van der Waals surface area contributed by atoms with Crippen molar-refractivity contribution in [1.29, 1.82) is 0 Å². The summed E-state index contributed by atoms with van der Waals surface area (Å²) in [6.45, 7) is 4.52. The third-order valence-corrected chi connectivity index (χ3v) is 3.19. The smallest absolute Gasteiger partial charge is 0.164 e. The number of halogens is 2. The summed E-state index contributed by atoms with van der Waals surface area (Å²) in [5.74, 6) is 1.35. The van der Waals surface area contributed by atoms with Gasteiger partial charge >= 0.3 is 0 Å². The maximum Gasteiger partial charge on any atom is 0.164 e. The fourth-order valence-corrected chi connectivity index (χ4v) is 2.13. The second kappa shape index (κ2) is 4.96. The van der Waals surface area contributed by atoms with Crippen molar-refractivity contribution in [2.75, 3.05) is 0 Å². The minimum atomic E-state index is -0.214. The number of nitrogens with zero attached hydrogens (tertiary/aromatic N) is 3. The number of hydrogen-bond acceptors (Lipinski definition) is 2. The van der Waals surface area contributed by atoms with E-state index < -0.39 is 0 Å². The quantitative estimate of drug-likeness (QED) is 0.814. The predicted octanol–water partition coefficient (Wildman–Crippen LogP) is 3.31. The van der Waals surface area contributed by atoms with Crippen LogP contribution in [0.1, 0.15) is 18.3 Å². The largest absolute Gasteiger partial charge is 0.311 e. The molecule has 0 radical (unpaired) electrons. The molecule has 0 saturated heterocycles. The zero-order valence-electron chi connectivity index (χ0n) is 9.74. The Balaban J connectivity index is 2.52. The van der Waals surface area contributed by atoms with Gasteiger partial charge in [0.1, 0.15) is 11.6 Å². The van der Waals surface area contributed by atoms with Gasteiger partial charge in [0, 0.05) is 12.1 Å². The van der Waals surface area contributed by atoms with E-state index in [4.69, 9.17) is 0 Å². The molecule has 90 valence electrons.